The van der Waals surface area contributed by atoms with E-state index in [-0.39, 0.29) is 17.7 Å². The van der Waals surface area contributed by atoms with Crippen LogP contribution in [0, 0.1) is 30.6 Å². The van der Waals surface area contributed by atoms with Crippen molar-refractivity contribution in [2.45, 2.75) is 13.3 Å². The van der Waals surface area contributed by atoms with Crippen molar-refractivity contribution >= 4 is 29.2 Å². The Kier molecular flexibility index (Phi) is 3.49. The molecule has 1 N–H and O–H groups in total. The lowest BCUT2D eigenvalue weighted by Gasteiger charge is -2.28. The fourth-order valence-corrected chi connectivity index (χ4v) is 3.62. The largest absolute Gasteiger partial charge is 0.550 e. The monoisotopic (exact) mass is 304 g/mol. The van der Waals surface area contributed by atoms with Gasteiger partial charge in [0.05, 0.1) is 5.92 Å². The zero-order valence-electron chi connectivity index (χ0n) is 11.5. The number of halogens is 1. The zero-order valence-corrected chi connectivity index (χ0v) is 12.3. The van der Waals surface area contributed by atoms with Gasteiger partial charge in [-0.2, -0.15) is 0 Å². The third-order valence-corrected chi connectivity index (χ3v) is 4.73. The molecule has 0 heterocycles. The second-order valence-electron chi connectivity index (χ2n) is 5.77. The lowest BCUT2D eigenvalue weighted by Crippen LogP contribution is -2.42. The molecule has 0 unspecified atom stereocenters. The highest BCUT2D eigenvalue weighted by Crippen LogP contribution is 2.48. The van der Waals surface area contributed by atoms with E-state index in [0.717, 1.165) is 5.56 Å². The quantitative estimate of drug-likeness (QED) is 0.865. The first-order valence-corrected chi connectivity index (χ1v) is 7.31. The number of hydrogen-bond acceptors (Lipinski definition) is 3. The minimum absolute atomic E-state index is 0.0163. The van der Waals surface area contributed by atoms with Gasteiger partial charge in [-0.15, -0.1) is 0 Å². The first kappa shape index (κ1) is 14.1. The molecular formula is C16H15ClNO3-. The number of aliphatic carboxylic acids is 1. The molecule has 3 rings (SSSR count). The minimum Gasteiger partial charge on any atom is -0.550 e. The van der Waals surface area contributed by atoms with Crippen LogP contribution in [-0.2, 0) is 9.59 Å². The molecule has 1 saturated carbocycles. The fraction of sp³-hybridized carbons (Fsp3) is 0.375. The normalized spacial score (nSPS) is 29.6. The Bertz CT molecular complexity index is 640. The number of carboxylic acids is 1. The summed E-state index contributed by atoms with van der Waals surface area (Å²) in [5.74, 6) is -2.82. The molecule has 1 aromatic rings. The number of anilines is 1. The second-order valence-corrected chi connectivity index (χ2v) is 6.20. The van der Waals surface area contributed by atoms with E-state index in [1.54, 1.807) is 12.1 Å². The van der Waals surface area contributed by atoms with Gasteiger partial charge < -0.3 is 15.2 Å². The number of fused-ring (bicyclic) bond motifs is 2. The van der Waals surface area contributed by atoms with Crippen LogP contribution in [0.2, 0.25) is 5.02 Å². The summed E-state index contributed by atoms with van der Waals surface area (Å²) in [6, 6.07) is 5.23. The average Bonchev–Trinajstić information content (AvgIpc) is 3.03. The first-order chi connectivity index (χ1) is 9.97. The van der Waals surface area contributed by atoms with Gasteiger partial charge in [0.2, 0.25) is 5.91 Å². The molecule has 2 bridgehead atoms. The number of nitrogens with one attached hydrogen (secondary N) is 1. The van der Waals surface area contributed by atoms with Crippen LogP contribution < -0.4 is 10.4 Å². The van der Waals surface area contributed by atoms with Crippen LogP contribution in [0.15, 0.2) is 30.4 Å². The molecule has 2 aliphatic carbocycles. The van der Waals surface area contributed by atoms with Gasteiger partial charge in [0.1, 0.15) is 0 Å². The van der Waals surface area contributed by atoms with Crippen LogP contribution in [0.5, 0.6) is 0 Å². The summed E-state index contributed by atoms with van der Waals surface area (Å²) in [5, 5.41) is 14.7. The van der Waals surface area contributed by atoms with Gasteiger partial charge in [0.25, 0.3) is 0 Å². The molecule has 0 aromatic heterocycles. The third kappa shape index (κ3) is 2.44. The van der Waals surface area contributed by atoms with E-state index in [1.165, 1.54) is 0 Å². The molecular weight excluding hydrogens is 290 g/mol. The van der Waals surface area contributed by atoms with Gasteiger partial charge >= 0.3 is 0 Å². The van der Waals surface area contributed by atoms with E-state index in [0.29, 0.717) is 17.1 Å². The van der Waals surface area contributed by atoms with E-state index < -0.39 is 17.8 Å². The first-order valence-electron chi connectivity index (χ1n) is 6.93. The Morgan fingerprint density at radius 1 is 1.24 bits per heavy atom. The smallest absolute Gasteiger partial charge is 0.228 e. The maximum absolute atomic E-state index is 12.5. The molecule has 0 spiro atoms. The number of allylic oxidation sites excluding steroid dienone is 2. The topological polar surface area (TPSA) is 69.2 Å². The molecule has 5 heteroatoms. The number of amides is 1. The Labute approximate surface area is 127 Å². The van der Waals surface area contributed by atoms with Gasteiger partial charge in [0.15, 0.2) is 0 Å². The van der Waals surface area contributed by atoms with E-state index in [1.807, 2.05) is 25.1 Å². The van der Waals surface area contributed by atoms with Crippen molar-refractivity contribution in [1.29, 1.82) is 0 Å². The number of carbonyl (C=O) groups excluding carboxylic acids is 2. The number of hydrogen-bond donors (Lipinski definition) is 1. The van der Waals surface area contributed by atoms with Crippen LogP contribution >= 0.6 is 11.6 Å². The number of carboxylic acid groups (broad SMARTS) is 1. The van der Waals surface area contributed by atoms with Gasteiger partial charge in [0, 0.05) is 22.6 Å². The lowest BCUT2D eigenvalue weighted by atomic mass is 9.82. The number of rotatable bonds is 3. The molecule has 4 nitrogen and oxygen atoms in total. The Balaban J connectivity index is 1.83. The van der Waals surface area contributed by atoms with Crippen molar-refractivity contribution in [2.24, 2.45) is 23.7 Å². The molecule has 1 amide bonds. The summed E-state index contributed by atoms with van der Waals surface area (Å²) in [6.07, 6.45) is 4.55. The van der Waals surface area contributed by atoms with E-state index >= 15 is 0 Å². The van der Waals surface area contributed by atoms with Crippen LogP contribution in [0.4, 0.5) is 5.69 Å². The van der Waals surface area contributed by atoms with Crippen molar-refractivity contribution < 1.29 is 14.7 Å². The number of aryl methyl sites for hydroxylation is 1. The van der Waals surface area contributed by atoms with Crippen LogP contribution in [0.1, 0.15) is 12.0 Å². The fourth-order valence-electron chi connectivity index (χ4n) is 3.45. The molecule has 2 aliphatic rings. The zero-order chi connectivity index (χ0) is 15.1. The molecule has 0 radical (unpaired) electrons. The Morgan fingerprint density at radius 2 is 1.90 bits per heavy atom. The summed E-state index contributed by atoms with van der Waals surface area (Å²) in [4.78, 5) is 23.8. The Morgan fingerprint density at radius 3 is 2.57 bits per heavy atom. The van der Waals surface area contributed by atoms with Crippen LogP contribution in [-0.4, -0.2) is 11.9 Å². The molecule has 0 saturated heterocycles. The van der Waals surface area contributed by atoms with Crippen molar-refractivity contribution in [3.8, 4) is 0 Å². The van der Waals surface area contributed by atoms with Gasteiger partial charge in [-0.25, -0.2) is 0 Å². The van der Waals surface area contributed by atoms with Crippen molar-refractivity contribution in [2.75, 3.05) is 5.32 Å². The predicted molar refractivity (Wildman–Crippen MR) is 77.5 cm³/mol. The van der Waals surface area contributed by atoms with E-state index in [4.69, 9.17) is 11.6 Å². The van der Waals surface area contributed by atoms with Gasteiger partial charge in [-0.3, -0.25) is 4.79 Å². The SMILES string of the molecule is Cc1ccc(Cl)cc1NC(=O)[C@@H]1[C@@H](C(=O)[O-])[C@H]2C=C[C@@H]1C2. The maximum atomic E-state index is 12.5. The Hall–Kier alpha value is -1.81. The number of carbonyl (C=O) groups is 2. The standard InChI is InChI=1S/C16H16ClNO3/c1-8-2-5-11(17)7-12(8)18-15(19)13-9-3-4-10(6-9)14(13)16(20)21/h2-5,7,9-10,13-14H,6H2,1H3,(H,18,19)(H,20,21)/p-1/t9-,10+,13+,14+/m1/s1. The molecule has 1 fully saturated rings. The molecule has 110 valence electrons. The lowest BCUT2D eigenvalue weighted by molar-refractivity contribution is -0.313. The summed E-state index contributed by atoms with van der Waals surface area (Å²) < 4.78 is 0. The molecule has 1 aromatic carbocycles. The van der Waals surface area contributed by atoms with Crippen LogP contribution in [0.3, 0.4) is 0 Å². The summed E-state index contributed by atoms with van der Waals surface area (Å²) in [5.41, 5.74) is 1.51. The van der Waals surface area contributed by atoms with Gasteiger partial charge in [-0.05, 0) is 42.9 Å². The highest BCUT2D eigenvalue weighted by Gasteiger charge is 2.48. The predicted octanol–water partition coefficient (Wildman–Crippen LogP) is 1.78. The third-order valence-electron chi connectivity index (χ3n) is 4.49. The summed E-state index contributed by atoms with van der Waals surface area (Å²) in [7, 11) is 0. The summed E-state index contributed by atoms with van der Waals surface area (Å²) in [6.45, 7) is 1.86. The van der Waals surface area contributed by atoms with Crippen molar-refractivity contribution in [3.05, 3.63) is 40.9 Å². The van der Waals surface area contributed by atoms with Crippen LogP contribution in [0.25, 0.3) is 0 Å². The van der Waals surface area contributed by atoms with E-state index in [9.17, 15) is 14.7 Å². The minimum atomic E-state index is -1.14. The molecule has 0 aliphatic heterocycles. The molecule has 21 heavy (non-hydrogen) atoms. The molecule has 4 atom stereocenters. The van der Waals surface area contributed by atoms with Crippen molar-refractivity contribution in [1.82, 2.24) is 0 Å². The highest BCUT2D eigenvalue weighted by molar-refractivity contribution is 6.31. The van der Waals surface area contributed by atoms with Gasteiger partial charge in [-0.1, -0.05) is 29.8 Å². The maximum Gasteiger partial charge on any atom is 0.228 e. The summed E-state index contributed by atoms with van der Waals surface area (Å²) >= 11 is 5.94. The average molecular weight is 305 g/mol. The highest BCUT2D eigenvalue weighted by atomic mass is 35.5. The second kappa shape index (κ2) is 5.19. The van der Waals surface area contributed by atoms with Crippen molar-refractivity contribution in [3.63, 3.8) is 0 Å². The van der Waals surface area contributed by atoms with E-state index in [2.05, 4.69) is 5.32 Å². The number of benzene rings is 1.